The number of nitrogens with zero attached hydrogens (tertiary/aromatic N) is 2. The van der Waals surface area contributed by atoms with Crippen LogP contribution in [0, 0.1) is 0 Å². The van der Waals surface area contributed by atoms with E-state index in [0.717, 1.165) is 12.8 Å². The topological polar surface area (TPSA) is 68.3 Å². The number of carbonyl (C=O) groups excluding carboxylic acids is 2. The maximum absolute atomic E-state index is 13.1. The molecule has 2 fully saturated rings. The van der Waals surface area contributed by atoms with Crippen LogP contribution >= 0.6 is 0 Å². The Balaban J connectivity index is 1.36. The van der Waals surface area contributed by atoms with Gasteiger partial charge >= 0.3 is 0 Å². The fourth-order valence-corrected chi connectivity index (χ4v) is 4.09. The van der Waals surface area contributed by atoms with Crippen LogP contribution in [0.3, 0.4) is 0 Å². The summed E-state index contributed by atoms with van der Waals surface area (Å²) in [6.07, 6.45) is 1.84. The lowest BCUT2D eigenvalue weighted by Gasteiger charge is -2.27. The van der Waals surface area contributed by atoms with Crippen molar-refractivity contribution >= 4 is 11.8 Å². The van der Waals surface area contributed by atoms with Gasteiger partial charge in [0.2, 0.25) is 0 Å². The monoisotopic (exact) mass is 424 g/mol. The van der Waals surface area contributed by atoms with Crippen molar-refractivity contribution in [1.82, 2.24) is 9.80 Å². The molecular formula is C24H28N2O5. The molecule has 2 aliphatic rings. The molecule has 2 saturated heterocycles. The van der Waals surface area contributed by atoms with E-state index >= 15 is 0 Å². The Labute approximate surface area is 182 Å². The summed E-state index contributed by atoms with van der Waals surface area (Å²) in [7, 11) is 1.57. The minimum atomic E-state index is -0.0324. The van der Waals surface area contributed by atoms with Gasteiger partial charge in [0, 0.05) is 25.2 Å². The summed E-state index contributed by atoms with van der Waals surface area (Å²) in [4.78, 5) is 29.3. The minimum absolute atomic E-state index is 0.00655. The number of hydrogen-bond donors (Lipinski definition) is 0. The highest BCUT2D eigenvalue weighted by atomic mass is 16.5. The molecule has 1 atom stereocenters. The fraction of sp³-hybridized carbons (Fsp3) is 0.417. The zero-order valence-electron chi connectivity index (χ0n) is 17.8. The number of para-hydroxylation sites is 1. The van der Waals surface area contributed by atoms with E-state index in [-0.39, 0.29) is 17.9 Å². The van der Waals surface area contributed by atoms with E-state index in [4.69, 9.17) is 14.2 Å². The molecule has 1 unspecified atom stereocenters. The molecule has 0 radical (unpaired) electrons. The zero-order chi connectivity index (χ0) is 21.6. The Hall–Kier alpha value is -3.06. The van der Waals surface area contributed by atoms with Crippen LogP contribution in [0.15, 0.2) is 48.5 Å². The Kier molecular flexibility index (Phi) is 6.72. The Morgan fingerprint density at radius 1 is 1.00 bits per heavy atom. The predicted octanol–water partition coefficient (Wildman–Crippen LogP) is 2.85. The third kappa shape index (κ3) is 4.82. The van der Waals surface area contributed by atoms with Crippen LogP contribution in [-0.4, -0.2) is 74.2 Å². The molecule has 7 heteroatoms. The van der Waals surface area contributed by atoms with Crippen LogP contribution in [0.1, 0.15) is 33.6 Å². The van der Waals surface area contributed by atoms with Gasteiger partial charge < -0.3 is 24.0 Å². The van der Waals surface area contributed by atoms with Crippen molar-refractivity contribution in [2.75, 3.05) is 46.6 Å². The van der Waals surface area contributed by atoms with Crippen molar-refractivity contribution in [2.45, 2.75) is 18.9 Å². The van der Waals surface area contributed by atoms with E-state index in [1.165, 1.54) is 0 Å². The molecule has 0 aromatic heterocycles. The molecule has 164 valence electrons. The SMILES string of the molecule is COc1ccccc1C(=O)N1CCCC1COc1ccc(C(=O)N2CCOCC2)cc1. The number of carbonyl (C=O) groups is 2. The van der Waals surface area contributed by atoms with E-state index < -0.39 is 0 Å². The second-order valence-electron chi connectivity index (χ2n) is 7.73. The Bertz CT molecular complexity index is 908. The molecule has 7 nitrogen and oxygen atoms in total. The first-order valence-corrected chi connectivity index (χ1v) is 10.7. The standard InChI is InChI=1S/C24H28N2O5/c1-29-22-7-3-2-6-21(22)24(28)26-12-4-5-19(26)17-31-20-10-8-18(9-11-20)23(27)25-13-15-30-16-14-25/h2-3,6-11,19H,4-5,12-17H2,1H3. The molecule has 2 aromatic rings. The van der Waals surface area contributed by atoms with Gasteiger partial charge in [-0.05, 0) is 49.2 Å². The van der Waals surface area contributed by atoms with Crippen LogP contribution in [0.4, 0.5) is 0 Å². The first-order chi connectivity index (χ1) is 15.2. The summed E-state index contributed by atoms with van der Waals surface area (Å²) < 4.78 is 16.6. The van der Waals surface area contributed by atoms with E-state index in [1.807, 2.05) is 29.2 Å². The van der Waals surface area contributed by atoms with Gasteiger partial charge in [0.15, 0.2) is 0 Å². The number of morpholine rings is 1. The highest BCUT2D eigenvalue weighted by Gasteiger charge is 2.31. The van der Waals surface area contributed by atoms with Gasteiger partial charge in [0.1, 0.15) is 18.1 Å². The summed E-state index contributed by atoms with van der Waals surface area (Å²) in [5.74, 6) is 1.25. The molecule has 4 rings (SSSR count). The smallest absolute Gasteiger partial charge is 0.257 e. The lowest BCUT2D eigenvalue weighted by molar-refractivity contribution is 0.0303. The zero-order valence-corrected chi connectivity index (χ0v) is 17.8. The van der Waals surface area contributed by atoms with Crippen LogP contribution < -0.4 is 9.47 Å². The number of ether oxygens (including phenoxy) is 3. The van der Waals surface area contributed by atoms with Crippen molar-refractivity contribution in [1.29, 1.82) is 0 Å². The molecule has 0 spiro atoms. The molecule has 0 N–H and O–H groups in total. The molecule has 2 aliphatic heterocycles. The third-order valence-electron chi connectivity index (χ3n) is 5.82. The van der Waals surface area contributed by atoms with Crippen LogP contribution in [0.5, 0.6) is 11.5 Å². The number of benzene rings is 2. The van der Waals surface area contributed by atoms with E-state index in [0.29, 0.717) is 62.1 Å². The quantitative estimate of drug-likeness (QED) is 0.713. The highest BCUT2D eigenvalue weighted by molar-refractivity contribution is 5.97. The summed E-state index contributed by atoms with van der Waals surface area (Å²) in [6.45, 7) is 3.52. The van der Waals surface area contributed by atoms with Crippen molar-refractivity contribution in [2.24, 2.45) is 0 Å². The molecule has 0 saturated carbocycles. The maximum Gasteiger partial charge on any atom is 0.257 e. The lowest BCUT2D eigenvalue weighted by atomic mass is 10.1. The Morgan fingerprint density at radius 3 is 2.48 bits per heavy atom. The minimum Gasteiger partial charge on any atom is -0.496 e. The van der Waals surface area contributed by atoms with E-state index in [9.17, 15) is 9.59 Å². The summed E-state index contributed by atoms with van der Waals surface area (Å²) in [5, 5.41) is 0. The van der Waals surface area contributed by atoms with Crippen molar-refractivity contribution < 1.29 is 23.8 Å². The van der Waals surface area contributed by atoms with Gasteiger partial charge in [0.05, 0.1) is 31.9 Å². The average molecular weight is 424 g/mol. The van der Waals surface area contributed by atoms with Crippen LogP contribution in [0.2, 0.25) is 0 Å². The van der Waals surface area contributed by atoms with E-state index in [1.54, 1.807) is 36.3 Å². The highest BCUT2D eigenvalue weighted by Crippen LogP contribution is 2.26. The van der Waals surface area contributed by atoms with Gasteiger partial charge in [-0.3, -0.25) is 9.59 Å². The van der Waals surface area contributed by atoms with Crippen molar-refractivity contribution in [3.63, 3.8) is 0 Å². The molecule has 0 bridgehead atoms. The number of hydrogen-bond acceptors (Lipinski definition) is 5. The average Bonchev–Trinajstić information content (AvgIpc) is 3.31. The van der Waals surface area contributed by atoms with E-state index in [2.05, 4.69) is 0 Å². The normalized spacial score (nSPS) is 18.7. The van der Waals surface area contributed by atoms with Gasteiger partial charge in [-0.25, -0.2) is 0 Å². The lowest BCUT2D eigenvalue weighted by Crippen LogP contribution is -2.40. The number of likely N-dealkylation sites (tertiary alicyclic amines) is 1. The maximum atomic E-state index is 13.1. The molecule has 31 heavy (non-hydrogen) atoms. The first-order valence-electron chi connectivity index (χ1n) is 10.7. The van der Waals surface area contributed by atoms with Crippen LogP contribution in [0.25, 0.3) is 0 Å². The number of methoxy groups -OCH3 is 1. The molecule has 0 aliphatic carbocycles. The van der Waals surface area contributed by atoms with Crippen LogP contribution in [-0.2, 0) is 4.74 Å². The van der Waals surface area contributed by atoms with Gasteiger partial charge in [0.25, 0.3) is 11.8 Å². The molecular weight excluding hydrogens is 396 g/mol. The first kappa shape index (κ1) is 21.2. The second kappa shape index (κ2) is 9.83. The van der Waals surface area contributed by atoms with Gasteiger partial charge in [-0.1, -0.05) is 12.1 Å². The summed E-state index contributed by atoms with van der Waals surface area (Å²) in [6, 6.07) is 14.5. The largest absolute Gasteiger partial charge is 0.496 e. The second-order valence-corrected chi connectivity index (χ2v) is 7.73. The van der Waals surface area contributed by atoms with Crippen molar-refractivity contribution in [3.8, 4) is 11.5 Å². The van der Waals surface area contributed by atoms with Crippen molar-refractivity contribution in [3.05, 3.63) is 59.7 Å². The van der Waals surface area contributed by atoms with Gasteiger partial charge in [-0.2, -0.15) is 0 Å². The predicted molar refractivity (Wildman–Crippen MR) is 116 cm³/mol. The Morgan fingerprint density at radius 2 is 1.74 bits per heavy atom. The fourth-order valence-electron chi connectivity index (χ4n) is 4.09. The summed E-state index contributed by atoms with van der Waals surface area (Å²) in [5.41, 5.74) is 1.21. The van der Waals surface area contributed by atoms with Gasteiger partial charge in [-0.15, -0.1) is 0 Å². The number of rotatable bonds is 6. The third-order valence-corrected chi connectivity index (χ3v) is 5.82. The summed E-state index contributed by atoms with van der Waals surface area (Å²) >= 11 is 0. The molecule has 2 heterocycles. The number of amides is 2. The molecule has 2 aromatic carbocycles. The molecule has 2 amide bonds.